The first-order valence-electron chi connectivity index (χ1n) is 30.4. The third kappa shape index (κ3) is 39.4. The molecule has 6 saturated carbocycles. The number of carboxylic acids is 1. The van der Waals surface area contributed by atoms with E-state index in [0.717, 1.165) is 96.3 Å². The highest BCUT2D eigenvalue weighted by molar-refractivity contribution is 8.26. The van der Waals surface area contributed by atoms with Gasteiger partial charge in [-0.05, 0) is 178 Å². The van der Waals surface area contributed by atoms with Crippen LogP contribution in [-0.2, 0) is 85.5 Å². The van der Waals surface area contributed by atoms with Crippen LogP contribution in [0.5, 0.6) is 0 Å². The number of aliphatic hydroxyl groups is 1. The third-order valence-electron chi connectivity index (χ3n) is 17.0. The van der Waals surface area contributed by atoms with E-state index in [-0.39, 0.29) is 127 Å². The van der Waals surface area contributed by atoms with E-state index in [1.807, 2.05) is 0 Å². The van der Waals surface area contributed by atoms with Gasteiger partial charge in [0.15, 0.2) is 0 Å². The van der Waals surface area contributed by atoms with Crippen LogP contribution in [0.25, 0.3) is 0 Å². The second kappa shape index (κ2) is 50.9. The zero-order valence-electron chi connectivity index (χ0n) is 50.6. The zero-order chi connectivity index (χ0) is 62.4. The average molecular weight is 1330 g/mol. The molecule has 0 amide bonds. The van der Waals surface area contributed by atoms with Crippen molar-refractivity contribution in [3.63, 3.8) is 0 Å². The monoisotopic (exact) mass is 1330 g/mol. The summed E-state index contributed by atoms with van der Waals surface area (Å²) in [6.07, 6.45) is 18.0. The molecule has 6 aliphatic rings. The lowest BCUT2D eigenvalue weighted by Gasteiger charge is -2.14. The zero-order valence-corrected chi connectivity index (χ0v) is 53.6. The highest BCUT2D eigenvalue weighted by atomic mass is 36.0. The number of esters is 1. The van der Waals surface area contributed by atoms with Crippen molar-refractivity contribution in [1.82, 2.24) is 0 Å². The summed E-state index contributed by atoms with van der Waals surface area (Å²) in [7, 11) is 10.6. The number of carbonyl (C=O) groups is 9. The van der Waals surface area contributed by atoms with E-state index >= 15 is 0 Å². The van der Waals surface area contributed by atoms with Gasteiger partial charge in [0.05, 0.1) is 84.5 Å². The Hall–Kier alpha value is -2.63. The minimum absolute atomic E-state index is 0. The molecule has 0 aromatic rings. The second-order valence-electron chi connectivity index (χ2n) is 23.7. The van der Waals surface area contributed by atoms with Gasteiger partial charge >= 0.3 is 11.9 Å². The van der Waals surface area contributed by atoms with Crippen LogP contribution in [0, 0.1) is 71.0 Å². The van der Waals surface area contributed by atoms with Crippen LogP contribution >= 0.6 is 33.0 Å². The first-order chi connectivity index (χ1) is 40.1. The van der Waals surface area contributed by atoms with Gasteiger partial charge in [0.1, 0.15) is 41.3 Å². The molecule has 2 N–H and O–H groups in total. The Balaban J connectivity index is -0.000000355. The summed E-state index contributed by atoms with van der Waals surface area (Å²) in [5.41, 5.74) is 0. The molecule has 23 heteroatoms. The topological polar surface area (TPSA) is 276 Å². The van der Waals surface area contributed by atoms with Crippen molar-refractivity contribution in [2.45, 2.75) is 191 Å². The number of ether oxygens (including phenoxy) is 7. The Bertz CT molecular complexity index is 1940. The Morgan fingerprint density at radius 3 is 1.07 bits per heavy atom. The summed E-state index contributed by atoms with van der Waals surface area (Å²) < 4.78 is 44.7. The maximum Gasteiger partial charge on any atom is 0.309 e. The molecule has 6 rings (SSSR count). The number of aliphatic carboxylic acids is 1. The molecule has 87 heavy (non-hydrogen) atoms. The van der Waals surface area contributed by atoms with E-state index in [0.29, 0.717) is 147 Å². The smallest absolute Gasteiger partial charge is 0.309 e. The number of carbonyl (C=O) groups excluding carboxylic acids is 8. The number of hydrogen-bond acceptors (Lipinski definition) is 18. The van der Waals surface area contributed by atoms with Crippen molar-refractivity contribution in [1.29, 1.82) is 0 Å². The van der Waals surface area contributed by atoms with Crippen LogP contribution in [0.1, 0.15) is 195 Å². The number of Topliss-reactive ketones (excluding diaryl/α,β-unsaturated/α-hetero) is 6. The van der Waals surface area contributed by atoms with E-state index in [1.54, 1.807) is 35.0 Å². The van der Waals surface area contributed by atoms with Crippen LogP contribution in [-0.4, -0.2) is 160 Å². The van der Waals surface area contributed by atoms with Crippen molar-refractivity contribution in [3.8, 4) is 0 Å². The summed E-state index contributed by atoms with van der Waals surface area (Å²) in [6, 6.07) is 0. The quantitative estimate of drug-likeness (QED) is 0.0344. The second-order valence-corrected chi connectivity index (χ2v) is 26.6. The fourth-order valence-electron chi connectivity index (χ4n) is 12.7. The Morgan fingerprint density at radius 2 is 0.724 bits per heavy atom. The molecule has 0 aliphatic heterocycles. The summed E-state index contributed by atoms with van der Waals surface area (Å²) in [6.45, 7) is 10.2. The Kier molecular flexibility index (Phi) is 50.6. The number of rotatable bonds is 34. The first kappa shape index (κ1) is 86.4. The van der Waals surface area contributed by atoms with E-state index in [9.17, 15) is 43.2 Å². The van der Waals surface area contributed by atoms with Gasteiger partial charge in [0, 0.05) is 102 Å². The lowest BCUT2D eigenvalue weighted by molar-refractivity contribution is -0.150. The molecule has 6 fully saturated rings. The number of halogens is 3. The van der Waals surface area contributed by atoms with Gasteiger partial charge in [-0.15, -0.1) is 0 Å². The molecule has 0 bridgehead atoms. The SMILES string of the molecule is C.C.C.CC(=O)CC1CCC(C(=O)CC2CCC(C(=O)Cl)C2)C1.CC(=O)CC1CCC(C(=O)CC2CCC(C(=O)O)C2)C1.COCCOCCOCCO.COCCOCCOCCOC(=O)C1CCC(CC(=O)C2CCC(C(C)=O)C2)C1.O=S(Cl)Cl.[2HH].[2HH].[2HH]. The summed E-state index contributed by atoms with van der Waals surface area (Å²) in [5.74, 6) is 2.24. The van der Waals surface area contributed by atoms with Crippen molar-refractivity contribution < 1.29 is 95.0 Å². The molecule has 12 unspecified atom stereocenters. The number of ketones is 6. The molecule has 6 aliphatic carbocycles. The maximum atomic E-state index is 12.5. The molecule has 12 atom stereocenters. The fraction of sp³-hybridized carbons (Fsp3) is 0.859. The molecule has 514 valence electrons. The fourth-order valence-corrected chi connectivity index (χ4v) is 12.9. The lowest BCUT2D eigenvalue weighted by Crippen LogP contribution is -2.20. The molecular weight excluding hydrogens is 1210 g/mol. The van der Waals surface area contributed by atoms with Crippen LogP contribution in [0.4, 0.5) is 0 Å². The van der Waals surface area contributed by atoms with Crippen molar-refractivity contribution >= 4 is 94.1 Å². The lowest BCUT2D eigenvalue weighted by atomic mass is 9.90. The predicted octanol–water partition coefficient (Wildman–Crippen LogP) is 12.3. The molecule has 0 aromatic heterocycles. The summed E-state index contributed by atoms with van der Waals surface area (Å²) in [5, 5.41) is 17.1. The van der Waals surface area contributed by atoms with Gasteiger partial charge in [0.25, 0.3) is 0 Å². The molecule has 19 nitrogen and oxygen atoms in total. The van der Waals surface area contributed by atoms with Gasteiger partial charge in [-0.1, -0.05) is 22.3 Å². The number of hydrogen-bond donors (Lipinski definition) is 2. The average Bonchev–Trinajstić information content (AvgIpc) is 2.58. The van der Waals surface area contributed by atoms with Crippen LogP contribution in [0.2, 0.25) is 0 Å². The number of methoxy groups -OCH3 is 2. The predicted molar refractivity (Wildman–Crippen MR) is 345 cm³/mol. The number of aliphatic hydroxyl groups excluding tert-OH is 1. The molecule has 0 spiro atoms. The Morgan fingerprint density at radius 1 is 0.425 bits per heavy atom. The van der Waals surface area contributed by atoms with Gasteiger partial charge in [0.2, 0.25) is 14.5 Å². The van der Waals surface area contributed by atoms with Crippen LogP contribution in [0.15, 0.2) is 0 Å². The third-order valence-corrected chi connectivity index (χ3v) is 17.3. The summed E-state index contributed by atoms with van der Waals surface area (Å²) >= 11 is 5.52. The van der Waals surface area contributed by atoms with Gasteiger partial charge in [-0.25, -0.2) is 4.21 Å². The minimum atomic E-state index is -1.67. The molecule has 0 saturated heterocycles. The highest BCUT2D eigenvalue weighted by Gasteiger charge is 2.39. The van der Waals surface area contributed by atoms with Crippen LogP contribution in [0.3, 0.4) is 0 Å². The van der Waals surface area contributed by atoms with Crippen molar-refractivity contribution in [2.24, 2.45) is 71.0 Å². The van der Waals surface area contributed by atoms with Gasteiger partial charge in [-0.2, -0.15) is 0 Å². The van der Waals surface area contributed by atoms with Gasteiger partial charge < -0.3 is 53.0 Å². The normalized spacial score (nSPS) is 25.9. The minimum Gasteiger partial charge on any atom is -0.481 e. The van der Waals surface area contributed by atoms with Crippen molar-refractivity contribution in [3.05, 3.63) is 0 Å². The summed E-state index contributed by atoms with van der Waals surface area (Å²) in [4.78, 5) is 105. The molecule has 0 radical (unpaired) electrons. The van der Waals surface area contributed by atoms with Gasteiger partial charge in [-0.3, -0.25) is 33.6 Å². The molecule has 0 aromatic carbocycles. The highest BCUT2D eigenvalue weighted by Crippen LogP contribution is 2.41. The van der Waals surface area contributed by atoms with Crippen LogP contribution < -0.4 is 0 Å². The number of carboxylic acid groups (broad SMARTS) is 1. The van der Waals surface area contributed by atoms with E-state index in [1.165, 1.54) is 0 Å². The van der Waals surface area contributed by atoms with E-state index in [2.05, 4.69) is 21.4 Å². The molecular formula is C64H117Cl3O19S. The van der Waals surface area contributed by atoms with E-state index in [4.69, 9.17) is 59.2 Å². The largest absolute Gasteiger partial charge is 0.481 e. The Labute approximate surface area is 541 Å². The first-order valence-corrected chi connectivity index (χ1v) is 33.5. The molecule has 0 heterocycles. The van der Waals surface area contributed by atoms with E-state index < -0.39 is 15.2 Å². The maximum absolute atomic E-state index is 12.5. The van der Waals surface area contributed by atoms with Crippen molar-refractivity contribution in [2.75, 3.05) is 93.5 Å². The standard InChI is InChI=1S/C22H36O7.C16H23ClO3.C16H24O4.C7H16O4.3CH4.Cl2OS.3H2/c1-16(23)18-5-6-19(15-18)21(24)14-17-3-4-20(13-17)22(25)29-12-11-28-10-9-27-8-7-26-2;1-10(18)6-11-2-4-13(7-11)15(19)9-12-3-5-14(8-12)16(17)20;1-10(17)6-11-2-4-13(7-11)15(18)9-12-3-5-14(8-12)16(19)20;1-9-4-5-11-7-6-10-3-2-8;;;;1-4(2)3;;;/h17-20H,3-15H2,1-2H3;11-14H,2-9H2,1H3;11-14H,2-9H2,1H3,(H,19,20);8H,2-7H2,1H3;3*1H4;;3*1H/i;;;;;;;;3*1+1.